The van der Waals surface area contributed by atoms with E-state index in [2.05, 4.69) is 11.8 Å². The Balaban J connectivity index is 1.83. The highest BCUT2D eigenvalue weighted by Crippen LogP contribution is 2.30. The van der Waals surface area contributed by atoms with E-state index in [4.69, 9.17) is 5.73 Å². The van der Waals surface area contributed by atoms with Gasteiger partial charge in [0.25, 0.3) is 0 Å². The van der Waals surface area contributed by atoms with Crippen molar-refractivity contribution in [1.82, 2.24) is 4.90 Å². The molecule has 0 aromatic rings. The minimum absolute atomic E-state index is 0.806. The molecule has 2 rings (SSSR count). The molecule has 2 fully saturated rings. The van der Waals surface area contributed by atoms with E-state index in [9.17, 15) is 0 Å². The molecule has 2 N–H and O–H groups in total. The number of rotatable bonds is 2. The normalized spacial score (nSPS) is 35.6. The molecule has 0 bridgehead atoms. The molecule has 2 unspecified atom stereocenters. The molecule has 0 aromatic carbocycles. The lowest BCUT2D eigenvalue weighted by Crippen LogP contribution is -2.46. The number of nitrogens with two attached hydrogens (primary N) is 1. The van der Waals surface area contributed by atoms with Crippen molar-refractivity contribution < 1.29 is 0 Å². The van der Waals surface area contributed by atoms with Gasteiger partial charge in [0.1, 0.15) is 0 Å². The zero-order valence-electron chi connectivity index (χ0n) is 10.1. The molecule has 0 amide bonds. The molecular formula is C13H26N2. The van der Waals surface area contributed by atoms with Gasteiger partial charge in [-0.15, -0.1) is 0 Å². The van der Waals surface area contributed by atoms with E-state index in [1.54, 1.807) is 0 Å². The zero-order chi connectivity index (χ0) is 10.7. The maximum atomic E-state index is 5.74. The highest BCUT2D eigenvalue weighted by Gasteiger charge is 2.29. The molecule has 2 atom stereocenters. The molecule has 2 heteroatoms. The molecule has 1 saturated carbocycles. The van der Waals surface area contributed by atoms with Crippen LogP contribution in [0.2, 0.25) is 0 Å². The first-order chi connectivity index (χ1) is 7.31. The van der Waals surface area contributed by atoms with Crippen molar-refractivity contribution in [3.05, 3.63) is 0 Å². The highest BCUT2D eigenvalue weighted by molar-refractivity contribution is 4.84. The van der Waals surface area contributed by atoms with Crippen molar-refractivity contribution in [2.45, 2.75) is 51.5 Å². The smallest absolute Gasteiger partial charge is 0.0121 e. The molecule has 88 valence electrons. The molecule has 2 aliphatic rings. The second kappa shape index (κ2) is 5.31. The molecule has 1 aliphatic carbocycles. The summed E-state index contributed by atoms with van der Waals surface area (Å²) in [5.41, 5.74) is 5.74. The fourth-order valence-corrected chi connectivity index (χ4v) is 3.36. The largest absolute Gasteiger partial charge is 0.330 e. The molecule has 0 aromatic heterocycles. The van der Waals surface area contributed by atoms with Gasteiger partial charge in [-0.1, -0.05) is 19.8 Å². The lowest BCUT2D eigenvalue weighted by Gasteiger charge is -2.42. The summed E-state index contributed by atoms with van der Waals surface area (Å²) in [6.07, 6.45) is 8.46. The minimum atomic E-state index is 0.806. The Bertz CT molecular complexity index is 185. The summed E-state index contributed by atoms with van der Waals surface area (Å²) >= 11 is 0. The number of hydrogen-bond donors (Lipinski definition) is 1. The van der Waals surface area contributed by atoms with E-state index in [-0.39, 0.29) is 0 Å². The van der Waals surface area contributed by atoms with Gasteiger partial charge >= 0.3 is 0 Å². The van der Waals surface area contributed by atoms with Crippen LogP contribution in [-0.2, 0) is 0 Å². The van der Waals surface area contributed by atoms with Gasteiger partial charge in [0, 0.05) is 6.04 Å². The average molecular weight is 210 g/mol. The maximum Gasteiger partial charge on any atom is 0.0121 e. The third-order valence-corrected chi connectivity index (χ3v) is 4.52. The minimum Gasteiger partial charge on any atom is -0.330 e. The summed E-state index contributed by atoms with van der Waals surface area (Å²) in [6.45, 7) is 5.95. The molecule has 1 heterocycles. The van der Waals surface area contributed by atoms with Crippen LogP contribution < -0.4 is 5.73 Å². The van der Waals surface area contributed by atoms with E-state index in [0.29, 0.717) is 0 Å². The third-order valence-electron chi connectivity index (χ3n) is 4.52. The van der Waals surface area contributed by atoms with Crippen molar-refractivity contribution in [3.8, 4) is 0 Å². The lowest BCUT2D eigenvalue weighted by molar-refractivity contribution is 0.0760. The van der Waals surface area contributed by atoms with E-state index in [1.165, 1.54) is 51.6 Å². The fraction of sp³-hybridized carbons (Fsp3) is 1.00. The first-order valence-corrected chi connectivity index (χ1v) is 6.75. The first kappa shape index (κ1) is 11.4. The van der Waals surface area contributed by atoms with Crippen LogP contribution in [0, 0.1) is 11.8 Å². The molecule has 2 nitrogen and oxygen atoms in total. The van der Waals surface area contributed by atoms with E-state index in [1.807, 2.05) is 0 Å². The second-order valence-electron chi connectivity index (χ2n) is 5.54. The summed E-state index contributed by atoms with van der Waals surface area (Å²) in [5.74, 6) is 1.73. The Labute approximate surface area is 94.2 Å². The van der Waals surface area contributed by atoms with Crippen molar-refractivity contribution in [1.29, 1.82) is 0 Å². The summed E-state index contributed by atoms with van der Waals surface area (Å²) in [4.78, 5) is 2.75. The van der Waals surface area contributed by atoms with Gasteiger partial charge in [-0.3, -0.25) is 0 Å². The number of piperidine rings is 1. The van der Waals surface area contributed by atoms with Crippen LogP contribution in [0.1, 0.15) is 45.4 Å². The molecule has 0 radical (unpaired) electrons. The Hall–Kier alpha value is -0.0800. The molecule has 1 aliphatic heterocycles. The predicted molar refractivity (Wildman–Crippen MR) is 64.8 cm³/mol. The van der Waals surface area contributed by atoms with Crippen molar-refractivity contribution >= 4 is 0 Å². The predicted octanol–water partition coefficient (Wildman–Crippen LogP) is 2.24. The average Bonchev–Trinajstić information content (AvgIpc) is 2.30. The van der Waals surface area contributed by atoms with Gasteiger partial charge in [0.05, 0.1) is 0 Å². The summed E-state index contributed by atoms with van der Waals surface area (Å²) in [7, 11) is 0. The van der Waals surface area contributed by atoms with E-state index in [0.717, 1.165) is 24.4 Å². The Kier molecular flexibility index (Phi) is 4.04. The Morgan fingerprint density at radius 1 is 1.07 bits per heavy atom. The van der Waals surface area contributed by atoms with Crippen molar-refractivity contribution in [2.75, 3.05) is 19.6 Å². The van der Waals surface area contributed by atoms with Crippen molar-refractivity contribution in [2.24, 2.45) is 17.6 Å². The number of likely N-dealkylation sites (tertiary alicyclic amines) is 1. The monoisotopic (exact) mass is 210 g/mol. The Morgan fingerprint density at radius 2 is 1.73 bits per heavy atom. The standard InChI is InChI=1S/C13H26N2/c1-11-4-2-3-5-13(11)15-8-6-12(10-14)7-9-15/h11-13H,2-10,14H2,1H3. The van der Waals surface area contributed by atoms with E-state index >= 15 is 0 Å². The van der Waals surface area contributed by atoms with Gasteiger partial charge in [0.2, 0.25) is 0 Å². The van der Waals surface area contributed by atoms with Crippen LogP contribution in [0.5, 0.6) is 0 Å². The third kappa shape index (κ3) is 2.73. The lowest BCUT2D eigenvalue weighted by atomic mass is 9.83. The summed E-state index contributed by atoms with van der Waals surface area (Å²) in [5, 5.41) is 0. The number of nitrogens with zero attached hydrogens (tertiary/aromatic N) is 1. The summed E-state index contributed by atoms with van der Waals surface area (Å²) in [6, 6.07) is 0.887. The van der Waals surface area contributed by atoms with Gasteiger partial charge in [-0.25, -0.2) is 0 Å². The molecule has 1 saturated heterocycles. The number of hydrogen-bond acceptors (Lipinski definition) is 2. The first-order valence-electron chi connectivity index (χ1n) is 6.75. The van der Waals surface area contributed by atoms with Gasteiger partial charge in [-0.2, -0.15) is 0 Å². The highest BCUT2D eigenvalue weighted by atomic mass is 15.2. The Morgan fingerprint density at radius 3 is 2.33 bits per heavy atom. The van der Waals surface area contributed by atoms with Crippen LogP contribution in [0.15, 0.2) is 0 Å². The van der Waals surface area contributed by atoms with Gasteiger partial charge in [0.15, 0.2) is 0 Å². The molecule has 0 spiro atoms. The van der Waals surface area contributed by atoms with Crippen LogP contribution in [-0.4, -0.2) is 30.6 Å². The van der Waals surface area contributed by atoms with E-state index < -0.39 is 0 Å². The maximum absolute atomic E-state index is 5.74. The summed E-state index contributed by atoms with van der Waals surface area (Å²) < 4.78 is 0. The van der Waals surface area contributed by atoms with Gasteiger partial charge < -0.3 is 10.6 Å². The SMILES string of the molecule is CC1CCCCC1N1CCC(CN)CC1. The zero-order valence-corrected chi connectivity index (χ0v) is 10.1. The topological polar surface area (TPSA) is 29.3 Å². The van der Waals surface area contributed by atoms with Crippen molar-refractivity contribution in [3.63, 3.8) is 0 Å². The van der Waals surface area contributed by atoms with Crippen LogP contribution in [0.25, 0.3) is 0 Å². The second-order valence-corrected chi connectivity index (χ2v) is 5.54. The molecular weight excluding hydrogens is 184 g/mol. The van der Waals surface area contributed by atoms with Crippen LogP contribution in [0.3, 0.4) is 0 Å². The van der Waals surface area contributed by atoms with Crippen LogP contribution >= 0.6 is 0 Å². The molecule has 15 heavy (non-hydrogen) atoms. The van der Waals surface area contributed by atoms with Crippen LogP contribution in [0.4, 0.5) is 0 Å². The van der Waals surface area contributed by atoms with Gasteiger partial charge in [-0.05, 0) is 57.2 Å². The quantitative estimate of drug-likeness (QED) is 0.757. The fourth-order valence-electron chi connectivity index (χ4n) is 3.36.